The molecule has 0 saturated carbocycles. The number of para-hydroxylation sites is 1. The third kappa shape index (κ3) is 5.25. The molecule has 10 heteroatoms. The zero-order valence-corrected chi connectivity index (χ0v) is 21.0. The lowest BCUT2D eigenvalue weighted by atomic mass is 10.0. The lowest BCUT2D eigenvalue weighted by Gasteiger charge is -2.36. The van der Waals surface area contributed by atoms with E-state index >= 15 is 0 Å². The van der Waals surface area contributed by atoms with Gasteiger partial charge in [-0.1, -0.05) is 55.5 Å². The van der Waals surface area contributed by atoms with Crippen molar-refractivity contribution < 1.29 is 14.3 Å². The van der Waals surface area contributed by atoms with E-state index in [0.29, 0.717) is 42.5 Å². The van der Waals surface area contributed by atoms with Gasteiger partial charge in [-0.15, -0.1) is 0 Å². The molecule has 38 heavy (non-hydrogen) atoms. The van der Waals surface area contributed by atoms with Gasteiger partial charge in [-0.05, 0) is 24.6 Å². The summed E-state index contributed by atoms with van der Waals surface area (Å²) in [6.07, 6.45) is 1.34. The van der Waals surface area contributed by atoms with Crippen LogP contribution in [0, 0.1) is 5.41 Å². The molecule has 2 aromatic carbocycles. The minimum atomic E-state index is -1.21. The summed E-state index contributed by atoms with van der Waals surface area (Å²) >= 11 is 0. The summed E-state index contributed by atoms with van der Waals surface area (Å²) < 4.78 is 11.2. The number of benzene rings is 2. The number of fused-ring (bicyclic) bond motifs is 1. The van der Waals surface area contributed by atoms with Crippen molar-refractivity contribution in [2.45, 2.75) is 25.6 Å². The van der Waals surface area contributed by atoms with Crippen molar-refractivity contribution in [1.29, 1.82) is 5.41 Å². The number of nitrogens with one attached hydrogen (secondary N) is 2. The molecular weight excluding hydrogens is 482 g/mol. The fourth-order valence-corrected chi connectivity index (χ4v) is 4.54. The molecule has 1 amide bonds. The van der Waals surface area contributed by atoms with Crippen LogP contribution in [-0.4, -0.2) is 60.5 Å². The number of aromatic nitrogens is 1. The van der Waals surface area contributed by atoms with E-state index in [0.717, 1.165) is 17.5 Å². The number of anilines is 2. The molecule has 1 fully saturated rings. The first kappa shape index (κ1) is 25.1. The number of amides is 1. The van der Waals surface area contributed by atoms with Crippen LogP contribution in [0.1, 0.15) is 30.0 Å². The summed E-state index contributed by atoms with van der Waals surface area (Å²) in [5.74, 6) is -0.0598. The molecule has 2 aliphatic heterocycles. The van der Waals surface area contributed by atoms with Crippen LogP contribution in [0.3, 0.4) is 0 Å². The number of amidine groups is 1. The maximum absolute atomic E-state index is 13.1. The fourth-order valence-electron chi connectivity index (χ4n) is 4.54. The number of aliphatic imine (C=N–C) groups is 2. The maximum atomic E-state index is 13.1. The van der Waals surface area contributed by atoms with Crippen LogP contribution in [0.5, 0.6) is 0 Å². The van der Waals surface area contributed by atoms with Crippen molar-refractivity contribution >= 4 is 35.0 Å². The molecule has 4 N–H and O–H groups in total. The fraction of sp³-hybridized carbons (Fsp3) is 0.250. The van der Waals surface area contributed by atoms with Crippen molar-refractivity contribution in [3.63, 3.8) is 0 Å². The predicted molar refractivity (Wildman–Crippen MR) is 147 cm³/mol. The Bertz CT molecular complexity index is 1390. The number of benzodiazepines with no additional fused rings is 1. The lowest BCUT2D eigenvalue weighted by Crippen LogP contribution is -2.46. The van der Waals surface area contributed by atoms with Crippen LogP contribution in [0.25, 0.3) is 0 Å². The highest BCUT2D eigenvalue weighted by Gasteiger charge is 2.28. The number of ether oxygens (including phenoxy) is 2. The summed E-state index contributed by atoms with van der Waals surface area (Å²) in [6, 6.07) is 20.3. The Morgan fingerprint density at radius 3 is 2.79 bits per heavy atom. The largest absolute Gasteiger partial charge is 0.407 e. The summed E-state index contributed by atoms with van der Waals surface area (Å²) in [4.78, 5) is 28.6. The molecule has 3 heterocycles. The minimum Gasteiger partial charge on any atom is -0.407 e. The van der Waals surface area contributed by atoms with Gasteiger partial charge in [0, 0.05) is 23.9 Å². The first-order chi connectivity index (χ1) is 18.5. The van der Waals surface area contributed by atoms with Crippen LogP contribution in [0.4, 0.5) is 11.5 Å². The number of carbonyl (C=O) groups excluding carboxylic acids is 1. The second-order valence-corrected chi connectivity index (χ2v) is 8.86. The van der Waals surface area contributed by atoms with E-state index in [1.54, 1.807) is 18.3 Å². The highest BCUT2D eigenvalue weighted by atomic mass is 16.5. The maximum Gasteiger partial charge on any atom is 0.291 e. The number of nitrogens with zero attached hydrogens (tertiary/aromatic N) is 4. The standard InChI is InChI=1S/C28H29N7O3/c1-2-19-17-37-16-15-35(19)26-21(12-8-14-31-26)24(29)38-28(30)34-25-27(36)32-22-13-7-6-11-20(22)23(33-25)18-9-4-3-5-10-18/h3-14,19,25,29H,2,15-17H2,1H3,(H2,30,34)(H,32,36). The van der Waals surface area contributed by atoms with Gasteiger partial charge < -0.3 is 25.4 Å². The van der Waals surface area contributed by atoms with Crippen LogP contribution < -0.4 is 16.0 Å². The van der Waals surface area contributed by atoms with Gasteiger partial charge in [0.05, 0.1) is 36.2 Å². The van der Waals surface area contributed by atoms with Gasteiger partial charge in [-0.2, -0.15) is 4.99 Å². The smallest absolute Gasteiger partial charge is 0.291 e. The molecule has 10 nitrogen and oxygen atoms in total. The zero-order chi connectivity index (χ0) is 26.5. The summed E-state index contributed by atoms with van der Waals surface area (Å²) in [7, 11) is 0. The average Bonchev–Trinajstić information content (AvgIpc) is 3.09. The molecule has 2 unspecified atom stereocenters. The van der Waals surface area contributed by atoms with Crippen molar-refractivity contribution in [2.24, 2.45) is 15.7 Å². The summed E-state index contributed by atoms with van der Waals surface area (Å²) in [5.41, 5.74) is 9.41. The highest BCUT2D eigenvalue weighted by Crippen LogP contribution is 2.26. The SMILES string of the molecule is CCC1COCCN1c1ncccc1C(=N)O/C(N)=N/C1N=C(c2ccccc2)c2ccccc2NC1=O. The van der Waals surface area contributed by atoms with Crippen molar-refractivity contribution in [3.8, 4) is 0 Å². The van der Waals surface area contributed by atoms with E-state index in [1.165, 1.54) is 0 Å². The van der Waals surface area contributed by atoms with Gasteiger partial charge in [-0.25, -0.2) is 9.98 Å². The van der Waals surface area contributed by atoms with E-state index in [-0.39, 0.29) is 18.0 Å². The summed E-state index contributed by atoms with van der Waals surface area (Å²) in [6.45, 7) is 3.90. The lowest BCUT2D eigenvalue weighted by molar-refractivity contribution is -0.117. The predicted octanol–water partition coefficient (Wildman–Crippen LogP) is 3.17. The van der Waals surface area contributed by atoms with E-state index in [9.17, 15) is 4.79 Å². The van der Waals surface area contributed by atoms with Crippen molar-refractivity contribution in [1.82, 2.24) is 4.98 Å². The zero-order valence-electron chi connectivity index (χ0n) is 21.0. The quantitative estimate of drug-likeness (QED) is 0.355. The molecule has 2 aliphatic rings. The molecule has 3 aromatic rings. The third-order valence-corrected chi connectivity index (χ3v) is 6.43. The molecule has 0 radical (unpaired) electrons. The van der Waals surface area contributed by atoms with E-state index in [2.05, 4.69) is 32.1 Å². The normalized spacial score (nSPS) is 19.6. The Morgan fingerprint density at radius 2 is 1.97 bits per heavy atom. The van der Waals surface area contributed by atoms with Gasteiger partial charge >= 0.3 is 0 Å². The van der Waals surface area contributed by atoms with Crippen molar-refractivity contribution in [2.75, 3.05) is 30.0 Å². The first-order valence-electron chi connectivity index (χ1n) is 12.5. The molecule has 5 rings (SSSR count). The van der Waals surface area contributed by atoms with Gasteiger partial charge in [-0.3, -0.25) is 10.2 Å². The summed E-state index contributed by atoms with van der Waals surface area (Å²) in [5, 5.41) is 11.5. The Morgan fingerprint density at radius 1 is 1.18 bits per heavy atom. The van der Waals surface area contributed by atoms with Crippen molar-refractivity contribution in [3.05, 3.63) is 89.6 Å². The second kappa shape index (κ2) is 11.2. The molecule has 1 saturated heterocycles. The topological polar surface area (TPSA) is 138 Å². The molecule has 0 spiro atoms. The van der Waals surface area contributed by atoms with Gasteiger partial charge in [0.1, 0.15) is 5.82 Å². The van der Waals surface area contributed by atoms with E-state index < -0.39 is 12.1 Å². The number of hydrogen-bond donors (Lipinski definition) is 3. The number of pyridine rings is 1. The van der Waals surface area contributed by atoms with Crippen LogP contribution >= 0.6 is 0 Å². The van der Waals surface area contributed by atoms with Gasteiger partial charge in [0.2, 0.25) is 12.1 Å². The number of morpholine rings is 1. The minimum absolute atomic E-state index is 0.137. The van der Waals surface area contributed by atoms with E-state index in [1.807, 2.05) is 54.6 Å². The van der Waals surface area contributed by atoms with Gasteiger partial charge in [0.25, 0.3) is 11.9 Å². The monoisotopic (exact) mass is 511 g/mol. The molecule has 194 valence electrons. The Balaban J connectivity index is 1.43. The molecule has 0 aliphatic carbocycles. The number of hydrogen-bond acceptors (Lipinski definition) is 8. The van der Waals surface area contributed by atoms with Crippen LogP contribution in [0.2, 0.25) is 0 Å². The molecule has 0 bridgehead atoms. The van der Waals surface area contributed by atoms with Crippen LogP contribution in [0.15, 0.2) is 82.9 Å². The molecule has 1 aromatic heterocycles. The second-order valence-electron chi connectivity index (χ2n) is 8.86. The average molecular weight is 512 g/mol. The Kier molecular flexibility index (Phi) is 7.41. The van der Waals surface area contributed by atoms with E-state index in [4.69, 9.17) is 20.6 Å². The van der Waals surface area contributed by atoms with Gasteiger partial charge in [0.15, 0.2) is 0 Å². The van der Waals surface area contributed by atoms with Crippen LogP contribution in [-0.2, 0) is 14.3 Å². The first-order valence-corrected chi connectivity index (χ1v) is 12.5. The Hall–Kier alpha value is -4.57. The highest BCUT2D eigenvalue weighted by molar-refractivity contribution is 6.19. The Labute approximate surface area is 220 Å². The third-order valence-electron chi connectivity index (χ3n) is 6.43. The molecular formula is C28H29N7O3. The molecule has 2 atom stereocenters. The number of nitrogens with two attached hydrogens (primary N) is 1. The number of rotatable bonds is 5. The number of carbonyl (C=O) groups is 1.